The topological polar surface area (TPSA) is 15.3 Å². The second-order valence-electron chi connectivity index (χ2n) is 4.58. The van der Waals surface area contributed by atoms with Crippen molar-refractivity contribution in [1.82, 2.24) is 5.32 Å². The largest absolute Gasteiger partial charge is 0.370 e. The van der Waals surface area contributed by atoms with E-state index in [1.807, 2.05) is 12.1 Å². The molecule has 0 bridgehead atoms. The van der Waals surface area contributed by atoms with Crippen LogP contribution in [0.5, 0.6) is 0 Å². The van der Waals surface area contributed by atoms with Crippen molar-refractivity contribution in [3.63, 3.8) is 0 Å². The van der Waals surface area contributed by atoms with E-state index in [-0.39, 0.29) is 0 Å². The second-order valence-corrected chi connectivity index (χ2v) is 4.98. The smallest absolute Gasteiger partial charge is 0.0642 e. The summed E-state index contributed by atoms with van der Waals surface area (Å²) in [5.41, 5.74) is 2.57. The summed E-state index contributed by atoms with van der Waals surface area (Å²) in [6.45, 7) is 6.31. The molecule has 0 aliphatic carbocycles. The molecule has 1 heterocycles. The maximum atomic E-state index is 6.37. The van der Waals surface area contributed by atoms with Gasteiger partial charge < -0.3 is 10.2 Å². The van der Waals surface area contributed by atoms with E-state index >= 15 is 0 Å². The van der Waals surface area contributed by atoms with E-state index < -0.39 is 0 Å². The predicted octanol–water partition coefficient (Wildman–Crippen LogP) is 3.44. The lowest BCUT2D eigenvalue weighted by Crippen LogP contribution is -2.31. The van der Waals surface area contributed by atoms with Crippen molar-refractivity contribution in [2.24, 2.45) is 0 Å². The highest BCUT2D eigenvalue weighted by atomic mass is 35.5. The van der Waals surface area contributed by atoms with Crippen molar-refractivity contribution in [2.75, 3.05) is 24.5 Å². The lowest BCUT2D eigenvalue weighted by atomic mass is 10.1. The van der Waals surface area contributed by atoms with Gasteiger partial charge in [-0.2, -0.15) is 0 Å². The van der Waals surface area contributed by atoms with Crippen LogP contribution in [0.15, 0.2) is 18.2 Å². The van der Waals surface area contributed by atoms with Gasteiger partial charge in [0.2, 0.25) is 0 Å². The van der Waals surface area contributed by atoms with Crippen molar-refractivity contribution in [3.8, 4) is 0 Å². The first-order valence-corrected chi connectivity index (χ1v) is 6.93. The van der Waals surface area contributed by atoms with E-state index in [1.54, 1.807) is 0 Å². The molecule has 1 N–H and O–H groups in total. The van der Waals surface area contributed by atoms with Gasteiger partial charge in [0.15, 0.2) is 0 Å². The van der Waals surface area contributed by atoms with Crippen molar-refractivity contribution < 1.29 is 0 Å². The molecule has 0 unspecified atom stereocenters. The average molecular weight is 253 g/mol. The molecule has 0 amide bonds. The Hall–Kier alpha value is -0.730. The molecule has 3 heteroatoms. The molecular weight excluding hydrogens is 232 g/mol. The van der Waals surface area contributed by atoms with Gasteiger partial charge >= 0.3 is 0 Å². The molecule has 1 aliphatic heterocycles. The van der Waals surface area contributed by atoms with Gasteiger partial charge in [-0.1, -0.05) is 30.7 Å². The maximum Gasteiger partial charge on any atom is 0.0642 e. The fourth-order valence-electron chi connectivity index (χ4n) is 2.43. The van der Waals surface area contributed by atoms with Crippen LogP contribution in [-0.4, -0.2) is 19.6 Å². The fraction of sp³-hybridized carbons (Fsp3) is 0.571. The van der Waals surface area contributed by atoms with Crippen LogP contribution in [0.1, 0.15) is 31.7 Å². The first-order chi connectivity index (χ1) is 8.33. The summed E-state index contributed by atoms with van der Waals surface area (Å²) in [4.78, 5) is 2.44. The number of para-hydroxylation sites is 1. The van der Waals surface area contributed by atoms with Crippen molar-refractivity contribution in [1.29, 1.82) is 0 Å². The first kappa shape index (κ1) is 12.7. The molecule has 0 saturated carbocycles. The highest BCUT2D eigenvalue weighted by molar-refractivity contribution is 6.33. The Morgan fingerprint density at radius 2 is 2.00 bits per heavy atom. The fourth-order valence-corrected chi connectivity index (χ4v) is 2.75. The molecule has 0 spiro atoms. The lowest BCUT2D eigenvalue weighted by Gasteiger charge is -2.31. The zero-order valence-electron chi connectivity index (χ0n) is 10.5. The number of hydrogen-bond donors (Lipinski definition) is 1. The van der Waals surface area contributed by atoms with Gasteiger partial charge in [0.05, 0.1) is 10.7 Å². The molecule has 1 aromatic carbocycles. The number of nitrogens with zero attached hydrogens (tertiary/aromatic N) is 1. The van der Waals surface area contributed by atoms with Crippen LogP contribution in [0.2, 0.25) is 5.02 Å². The molecule has 17 heavy (non-hydrogen) atoms. The zero-order chi connectivity index (χ0) is 12.1. The van der Waals surface area contributed by atoms with E-state index in [2.05, 4.69) is 23.2 Å². The van der Waals surface area contributed by atoms with Gasteiger partial charge in [0.25, 0.3) is 0 Å². The van der Waals surface area contributed by atoms with Crippen LogP contribution in [0.4, 0.5) is 5.69 Å². The third kappa shape index (κ3) is 3.14. The van der Waals surface area contributed by atoms with Gasteiger partial charge in [-0.25, -0.2) is 0 Å². The highest BCUT2D eigenvalue weighted by Crippen LogP contribution is 2.31. The summed E-state index contributed by atoms with van der Waals surface area (Å²) in [6.07, 6.45) is 3.92. The Morgan fingerprint density at radius 1 is 1.24 bits per heavy atom. The molecule has 2 rings (SSSR count). The number of rotatable bonds is 4. The predicted molar refractivity (Wildman–Crippen MR) is 74.9 cm³/mol. The molecule has 1 saturated heterocycles. The number of piperidine rings is 1. The van der Waals surface area contributed by atoms with Gasteiger partial charge in [0.1, 0.15) is 0 Å². The van der Waals surface area contributed by atoms with Crippen LogP contribution in [-0.2, 0) is 6.54 Å². The highest BCUT2D eigenvalue weighted by Gasteiger charge is 2.16. The van der Waals surface area contributed by atoms with Gasteiger partial charge in [-0.05, 0) is 37.4 Å². The number of anilines is 1. The number of benzene rings is 1. The molecule has 0 aromatic heterocycles. The Labute approximate surface area is 109 Å². The van der Waals surface area contributed by atoms with Crippen LogP contribution >= 0.6 is 11.6 Å². The van der Waals surface area contributed by atoms with Crippen molar-refractivity contribution in [3.05, 3.63) is 28.8 Å². The third-order valence-electron chi connectivity index (χ3n) is 3.31. The summed E-state index contributed by atoms with van der Waals surface area (Å²) < 4.78 is 0. The monoisotopic (exact) mass is 252 g/mol. The molecule has 0 radical (unpaired) electrons. The van der Waals surface area contributed by atoms with Crippen LogP contribution in [0, 0.1) is 0 Å². The summed E-state index contributed by atoms with van der Waals surface area (Å²) in [6, 6.07) is 6.22. The molecule has 0 atom stereocenters. The minimum atomic E-state index is 0.891. The standard InChI is InChI=1S/C14H21ClN2/c1-2-16-11-12-7-6-8-13(15)14(12)17-9-4-3-5-10-17/h6-8,16H,2-5,9-11H2,1H3. The summed E-state index contributed by atoms with van der Waals surface area (Å²) in [5, 5.41) is 4.28. The summed E-state index contributed by atoms with van der Waals surface area (Å²) >= 11 is 6.37. The SMILES string of the molecule is CCNCc1cccc(Cl)c1N1CCCCC1. The Bertz CT molecular complexity index is 359. The lowest BCUT2D eigenvalue weighted by molar-refractivity contribution is 0.575. The maximum absolute atomic E-state index is 6.37. The van der Waals surface area contributed by atoms with Gasteiger partial charge in [-0.15, -0.1) is 0 Å². The Morgan fingerprint density at radius 3 is 2.71 bits per heavy atom. The van der Waals surface area contributed by atoms with E-state index in [4.69, 9.17) is 11.6 Å². The zero-order valence-corrected chi connectivity index (χ0v) is 11.3. The number of halogens is 1. The summed E-state index contributed by atoms with van der Waals surface area (Å²) in [5.74, 6) is 0. The molecule has 94 valence electrons. The quantitative estimate of drug-likeness (QED) is 0.883. The van der Waals surface area contributed by atoms with Crippen LogP contribution in [0.25, 0.3) is 0 Å². The molecule has 1 fully saturated rings. The second kappa shape index (κ2) is 6.27. The van der Waals surface area contributed by atoms with Gasteiger partial charge in [-0.3, -0.25) is 0 Å². The van der Waals surface area contributed by atoms with E-state index in [0.29, 0.717) is 0 Å². The van der Waals surface area contributed by atoms with E-state index in [9.17, 15) is 0 Å². The third-order valence-corrected chi connectivity index (χ3v) is 3.61. The Balaban J connectivity index is 2.22. The summed E-state index contributed by atoms with van der Waals surface area (Å²) in [7, 11) is 0. The molecule has 1 aromatic rings. The number of nitrogens with one attached hydrogen (secondary N) is 1. The molecule has 2 nitrogen and oxygen atoms in total. The number of hydrogen-bond acceptors (Lipinski definition) is 2. The normalized spacial score (nSPS) is 16.2. The van der Waals surface area contributed by atoms with E-state index in [1.165, 1.54) is 30.5 Å². The van der Waals surface area contributed by atoms with E-state index in [0.717, 1.165) is 31.2 Å². The minimum absolute atomic E-state index is 0.891. The van der Waals surface area contributed by atoms with Crippen LogP contribution < -0.4 is 10.2 Å². The molecule has 1 aliphatic rings. The van der Waals surface area contributed by atoms with Crippen molar-refractivity contribution in [2.45, 2.75) is 32.7 Å². The Kier molecular flexibility index (Phi) is 4.69. The molecular formula is C14H21ClN2. The van der Waals surface area contributed by atoms with Crippen molar-refractivity contribution >= 4 is 17.3 Å². The first-order valence-electron chi connectivity index (χ1n) is 6.56. The van der Waals surface area contributed by atoms with Crippen LogP contribution in [0.3, 0.4) is 0 Å². The van der Waals surface area contributed by atoms with Gasteiger partial charge in [0, 0.05) is 19.6 Å². The average Bonchev–Trinajstić information content (AvgIpc) is 2.37. The minimum Gasteiger partial charge on any atom is -0.370 e.